The molecule has 0 aliphatic carbocycles. The van der Waals surface area contributed by atoms with Crippen LogP contribution in [-0.2, 0) is 6.18 Å². The minimum Gasteiger partial charge on any atom is -0.487 e. The van der Waals surface area contributed by atoms with Gasteiger partial charge in [0.1, 0.15) is 24.1 Å². The van der Waals surface area contributed by atoms with E-state index in [0.29, 0.717) is 25.9 Å². The van der Waals surface area contributed by atoms with Crippen LogP contribution in [0, 0.1) is 28.5 Å². The second-order valence-electron chi connectivity index (χ2n) is 7.57. The number of aromatic nitrogens is 4. The Kier molecular flexibility index (Phi) is 6.34. The van der Waals surface area contributed by atoms with Crippen molar-refractivity contribution in [1.29, 1.82) is 10.5 Å². The van der Waals surface area contributed by atoms with Gasteiger partial charge in [0.05, 0.1) is 22.9 Å². The predicted octanol–water partition coefficient (Wildman–Crippen LogP) is 2.97. The van der Waals surface area contributed by atoms with Gasteiger partial charge in [0, 0.05) is 44.4 Å². The summed E-state index contributed by atoms with van der Waals surface area (Å²) in [4.78, 5) is 21.8. The van der Waals surface area contributed by atoms with Gasteiger partial charge in [0.2, 0.25) is 11.6 Å². The molecule has 0 bridgehead atoms. The van der Waals surface area contributed by atoms with Gasteiger partial charge >= 0.3 is 6.18 Å². The van der Waals surface area contributed by atoms with Gasteiger partial charge in [-0.1, -0.05) is 0 Å². The second kappa shape index (κ2) is 9.38. The first-order valence-corrected chi connectivity index (χ1v) is 10.2. The molecule has 0 radical (unpaired) electrons. The van der Waals surface area contributed by atoms with E-state index >= 15 is 0 Å². The van der Waals surface area contributed by atoms with Crippen LogP contribution in [0.4, 0.5) is 23.5 Å². The van der Waals surface area contributed by atoms with E-state index in [9.17, 15) is 27.6 Å². The molecule has 3 aromatic rings. The zero-order valence-corrected chi connectivity index (χ0v) is 17.8. The van der Waals surface area contributed by atoms with Crippen molar-refractivity contribution in [2.45, 2.75) is 25.1 Å². The normalized spacial score (nSPS) is 14.3. The number of hydrogen-bond acceptors (Lipinski definition) is 8. The highest BCUT2D eigenvalue weighted by Crippen LogP contribution is 2.29. The quantitative estimate of drug-likeness (QED) is 0.517. The standard InChI is InChI=1S/C22H15F4N7O2/c23-17-7-15(2-1-13(17)9-27)33-20(34)8-19(18(10-28)31-33)35-16-3-5-32(6-4-16)21-29-11-14(12-30-21)22(24,25)26/h1-2,7-8,11-12,16H,3-6H2. The van der Waals surface area contributed by atoms with Crippen LogP contribution in [0.25, 0.3) is 5.69 Å². The molecule has 0 N–H and O–H groups in total. The molecule has 0 unspecified atom stereocenters. The van der Waals surface area contributed by atoms with E-state index in [0.717, 1.165) is 29.2 Å². The SMILES string of the molecule is N#Cc1ccc(-n2nc(C#N)c(OC3CCN(c4ncc(C(F)(F)F)cn4)CC3)cc2=O)cc1F. The lowest BCUT2D eigenvalue weighted by molar-refractivity contribution is -0.138. The van der Waals surface area contributed by atoms with Crippen LogP contribution in [0.1, 0.15) is 29.7 Å². The minimum atomic E-state index is -4.52. The van der Waals surface area contributed by atoms with Gasteiger partial charge in [0.15, 0.2) is 5.75 Å². The third-order valence-corrected chi connectivity index (χ3v) is 5.30. The summed E-state index contributed by atoms with van der Waals surface area (Å²) < 4.78 is 58.7. The first-order valence-electron chi connectivity index (χ1n) is 10.2. The van der Waals surface area contributed by atoms with E-state index in [1.165, 1.54) is 12.1 Å². The molecule has 0 saturated carbocycles. The van der Waals surface area contributed by atoms with Crippen LogP contribution < -0.4 is 15.2 Å². The molecule has 1 aromatic carbocycles. The van der Waals surface area contributed by atoms with Crippen LogP contribution in [0.5, 0.6) is 5.75 Å². The number of alkyl halides is 3. The summed E-state index contributed by atoms with van der Waals surface area (Å²) >= 11 is 0. The summed E-state index contributed by atoms with van der Waals surface area (Å²) in [6.45, 7) is 0.764. The highest BCUT2D eigenvalue weighted by molar-refractivity contribution is 5.42. The molecular formula is C22H15F4N7O2. The van der Waals surface area contributed by atoms with Crippen molar-refractivity contribution in [3.63, 3.8) is 0 Å². The van der Waals surface area contributed by atoms with Gasteiger partial charge in [-0.25, -0.2) is 14.4 Å². The van der Waals surface area contributed by atoms with Crippen molar-refractivity contribution in [2.75, 3.05) is 18.0 Å². The molecule has 35 heavy (non-hydrogen) atoms. The van der Waals surface area contributed by atoms with E-state index < -0.39 is 29.2 Å². The van der Waals surface area contributed by atoms with Crippen molar-refractivity contribution in [1.82, 2.24) is 19.7 Å². The van der Waals surface area contributed by atoms with Crippen LogP contribution in [-0.4, -0.2) is 38.9 Å². The van der Waals surface area contributed by atoms with Crippen molar-refractivity contribution in [3.05, 3.63) is 69.7 Å². The number of rotatable bonds is 4. The molecule has 4 rings (SSSR count). The van der Waals surface area contributed by atoms with E-state index in [1.54, 1.807) is 11.0 Å². The molecule has 0 spiro atoms. The number of nitriles is 2. The lowest BCUT2D eigenvalue weighted by Gasteiger charge is -2.32. The van der Waals surface area contributed by atoms with Gasteiger partial charge in [-0.05, 0) is 12.1 Å². The Labute approximate surface area is 195 Å². The van der Waals surface area contributed by atoms with Crippen LogP contribution in [0.2, 0.25) is 0 Å². The van der Waals surface area contributed by atoms with Gasteiger partial charge in [0.25, 0.3) is 5.56 Å². The lowest BCUT2D eigenvalue weighted by Crippen LogP contribution is -2.39. The fourth-order valence-corrected chi connectivity index (χ4v) is 3.50. The van der Waals surface area contributed by atoms with Gasteiger partial charge < -0.3 is 9.64 Å². The Morgan fingerprint density at radius 2 is 1.74 bits per heavy atom. The Morgan fingerprint density at radius 1 is 1.06 bits per heavy atom. The molecule has 1 fully saturated rings. The van der Waals surface area contributed by atoms with Crippen molar-refractivity contribution < 1.29 is 22.3 Å². The summed E-state index contributed by atoms with van der Waals surface area (Å²) in [5.74, 6) is -0.707. The maximum absolute atomic E-state index is 13.9. The van der Waals surface area contributed by atoms with Crippen molar-refractivity contribution in [2.24, 2.45) is 0 Å². The van der Waals surface area contributed by atoms with E-state index in [4.69, 9.17) is 10.00 Å². The minimum absolute atomic E-state index is 0.0351. The summed E-state index contributed by atoms with van der Waals surface area (Å²) in [5, 5.41) is 22.3. The molecule has 2 aromatic heterocycles. The Balaban J connectivity index is 1.46. The molecule has 0 amide bonds. The van der Waals surface area contributed by atoms with E-state index in [1.807, 2.05) is 6.07 Å². The Hall–Kier alpha value is -4.52. The van der Waals surface area contributed by atoms with Crippen molar-refractivity contribution >= 4 is 5.95 Å². The average Bonchev–Trinajstić information content (AvgIpc) is 2.84. The molecule has 1 aliphatic heterocycles. The van der Waals surface area contributed by atoms with Crippen LogP contribution in [0.15, 0.2) is 41.5 Å². The molecule has 1 saturated heterocycles. The molecule has 9 nitrogen and oxygen atoms in total. The monoisotopic (exact) mass is 485 g/mol. The van der Waals surface area contributed by atoms with Crippen molar-refractivity contribution in [3.8, 4) is 23.6 Å². The number of piperidine rings is 1. The number of halogens is 4. The first kappa shape index (κ1) is 23.6. The third-order valence-electron chi connectivity index (χ3n) is 5.30. The molecule has 13 heteroatoms. The summed E-state index contributed by atoms with van der Waals surface area (Å²) in [5.41, 5.74) is -1.95. The van der Waals surface area contributed by atoms with Gasteiger partial charge in [-0.15, -0.1) is 5.10 Å². The maximum Gasteiger partial charge on any atom is 0.419 e. The zero-order chi connectivity index (χ0) is 25.2. The maximum atomic E-state index is 13.9. The fraction of sp³-hybridized carbons (Fsp3) is 0.273. The third kappa shape index (κ3) is 5.04. The van der Waals surface area contributed by atoms with E-state index in [2.05, 4.69) is 15.1 Å². The van der Waals surface area contributed by atoms with Gasteiger partial charge in [-0.3, -0.25) is 4.79 Å². The number of hydrogen-bond donors (Lipinski definition) is 0. The Morgan fingerprint density at radius 3 is 2.31 bits per heavy atom. The fourth-order valence-electron chi connectivity index (χ4n) is 3.50. The van der Waals surface area contributed by atoms with E-state index in [-0.39, 0.29) is 28.6 Å². The molecular weight excluding hydrogens is 470 g/mol. The number of benzene rings is 1. The lowest BCUT2D eigenvalue weighted by atomic mass is 10.1. The largest absolute Gasteiger partial charge is 0.487 e. The zero-order valence-electron chi connectivity index (χ0n) is 17.8. The number of ether oxygens (including phenoxy) is 1. The predicted molar refractivity (Wildman–Crippen MR) is 112 cm³/mol. The first-order chi connectivity index (χ1) is 16.7. The van der Waals surface area contributed by atoms with Crippen LogP contribution >= 0.6 is 0 Å². The molecule has 1 aliphatic rings. The van der Waals surface area contributed by atoms with Gasteiger partial charge in [-0.2, -0.15) is 28.4 Å². The average molecular weight is 485 g/mol. The summed E-state index contributed by atoms with van der Waals surface area (Å²) in [6, 6.07) is 8.09. The van der Waals surface area contributed by atoms with Crippen LogP contribution in [0.3, 0.4) is 0 Å². The smallest absolute Gasteiger partial charge is 0.419 e. The summed E-state index contributed by atoms with van der Waals surface area (Å²) in [6.07, 6.45) is -2.60. The number of nitrogens with zero attached hydrogens (tertiary/aromatic N) is 7. The molecule has 0 atom stereocenters. The topological polar surface area (TPSA) is 121 Å². The highest BCUT2D eigenvalue weighted by atomic mass is 19.4. The Bertz CT molecular complexity index is 1380. The molecule has 178 valence electrons. The number of anilines is 1. The summed E-state index contributed by atoms with van der Waals surface area (Å²) in [7, 11) is 0. The second-order valence-corrected chi connectivity index (χ2v) is 7.57. The highest BCUT2D eigenvalue weighted by Gasteiger charge is 2.32. The molecule has 3 heterocycles.